The van der Waals surface area contributed by atoms with Crippen molar-refractivity contribution < 1.29 is 23.2 Å². The Morgan fingerprint density at radius 1 is 1.24 bits per heavy atom. The van der Waals surface area contributed by atoms with Crippen LogP contribution in [0.3, 0.4) is 0 Å². The Morgan fingerprint density at radius 3 is 2.24 bits per heavy atom. The normalized spacial score (nSPS) is 12.6. The molecule has 0 aliphatic heterocycles. The lowest BCUT2D eigenvalue weighted by Gasteiger charge is -2.22. The molecule has 0 aromatic heterocycles. The molecule has 6 nitrogen and oxygen atoms in total. The maximum atomic E-state index is 12.3. The largest absolute Gasteiger partial charge is 0.491 e. The SMILES string of the molecule is CC(C)Oc1ccc(S(=O)(=O)NC(C)(C)C)c(B(O)O)c1. The smallest absolute Gasteiger partial charge is 0.489 e. The van der Waals surface area contributed by atoms with Crippen LogP contribution in [0.2, 0.25) is 0 Å². The Balaban J connectivity index is 3.30. The van der Waals surface area contributed by atoms with Gasteiger partial charge in [0, 0.05) is 11.0 Å². The number of nitrogens with one attached hydrogen (secondary N) is 1. The predicted octanol–water partition coefficient (Wildman–Crippen LogP) is 0.230. The van der Waals surface area contributed by atoms with Crippen molar-refractivity contribution in [2.24, 2.45) is 0 Å². The summed E-state index contributed by atoms with van der Waals surface area (Å²) in [6.07, 6.45) is -0.108. The summed E-state index contributed by atoms with van der Waals surface area (Å²) in [5.41, 5.74) is -0.797. The van der Waals surface area contributed by atoms with Gasteiger partial charge in [0.05, 0.1) is 11.0 Å². The van der Waals surface area contributed by atoms with E-state index in [1.807, 2.05) is 13.8 Å². The number of rotatable bonds is 5. The minimum Gasteiger partial charge on any atom is -0.491 e. The predicted molar refractivity (Wildman–Crippen MR) is 82.1 cm³/mol. The van der Waals surface area contributed by atoms with E-state index < -0.39 is 22.7 Å². The summed E-state index contributed by atoms with van der Waals surface area (Å²) < 4.78 is 32.6. The fraction of sp³-hybridized carbons (Fsp3) is 0.538. The highest BCUT2D eigenvalue weighted by atomic mass is 32.2. The van der Waals surface area contributed by atoms with E-state index in [0.717, 1.165) is 0 Å². The molecule has 118 valence electrons. The van der Waals surface area contributed by atoms with Crippen LogP contribution >= 0.6 is 0 Å². The zero-order chi connectivity index (χ0) is 16.4. The van der Waals surface area contributed by atoms with Gasteiger partial charge in [-0.25, -0.2) is 13.1 Å². The first-order chi connectivity index (χ1) is 9.42. The third-order valence-electron chi connectivity index (χ3n) is 2.36. The number of ether oxygens (including phenoxy) is 1. The lowest BCUT2D eigenvalue weighted by Crippen LogP contribution is -2.44. The molecule has 0 aliphatic rings. The lowest BCUT2D eigenvalue weighted by molar-refractivity contribution is 0.242. The number of hydrogen-bond acceptors (Lipinski definition) is 5. The first-order valence-corrected chi connectivity index (χ1v) is 8.11. The molecule has 0 amide bonds. The molecular weight excluding hydrogens is 293 g/mol. The van der Waals surface area contributed by atoms with Crippen LogP contribution in [0.15, 0.2) is 23.1 Å². The van der Waals surface area contributed by atoms with E-state index in [2.05, 4.69) is 4.72 Å². The van der Waals surface area contributed by atoms with Crippen LogP contribution in [0.4, 0.5) is 0 Å². The molecule has 21 heavy (non-hydrogen) atoms. The molecule has 1 rings (SSSR count). The fourth-order valence-electron chi connectivity index (χ4n) is 1.78. The van der Waals surface area contributed by atoms with E-state index in [1.165, 1.54) is 18.2 Å². The van der Waals surface area contributed by atoms with Crippen molar-refractivity contribution in [2.75, 3.05) is 0 Å². The Morgan fingerprint density at radius 2 is 1.81 bits per heavy atom. The van der Waals surface area contributed by atoms with E-state index >= 15 is 0 Å². The zero-order valence-electron chi connectivity index (χ0n) is 12.9. The van der Waals surface area contributed by atoms with Gasteiger partial charge in [-0.15, -0.1) is 0 Å². The topological polar surface area (TPSA) is 95.9 Å². The molecule has 8 heteroatoms. The highest BCUT2D eigenvalue weighted by Crippen LogP contribution is 2.17. The van der Waals surface area contributed by atoms with Crippen molar-refractivity contribution in [3.05, 3.63) is 18.2 Å². The van der Waals surface area contributed by atoms with Crippen LogP contribution in [0.1, 0.15) is 34.6 Å². The van der Waals surface area contributed by atoms with Gasteiger partial charge in [0.2, 0.25) is 10.0 Å². The van der Waals surface area contributed by atoms with Gasteiger partial charge < -0.3 is 14.8 Å². The Bertz CT molecular complexity index is 593. The number of hydrogen-bond donors (Lipinski definition) is 3. The first-order valence-electron chi connectivity index (χ1n) is 6.63. The van der Waals surface area contributed by atoms with Crippen molar-refractivity contribution in [1.82, 2.24) is 4.72 Å². The quantitative estimate of drug-likeness (QED) is 0.676. The van der Waals surface area contributed by atoms with Crippen molar-refractivity contribution in [3.8, 4) is 5.75 Å². The summed E-state index contributed by atoms with van der Waals surface area (Å²) in [5.74, 6) is 0.378. The summed E-state index contributed by atoms with van der Waals surface area (Å²) in [6, 6.07) is 4.12. The minimum absolute atomic E-state index is 0.108. The van der Waals surface area contributed by atoms with Crippen molar-refractivity contribution in [2.45, 2.75) is 51.2 Å². The van der Waals surface area contributed by atoms with Gasteiger partial charge in [-0.05, 0) is 52.8 Å². The van der Waals surface area contributed by atoms with E-state index in [-0.39, 0.29) is 16.5 Å². The molecule has 0 heterocycles. The van der Waals surface area contributed by atoms with Gasteiger partial charge in [-0.3, -0.25) is 0 Å². The highest BCUT2D eigenvalue weighted by Gasteiger charge is 2.28. The molecule has 0 fully saturated rings. The summed E-state index contributed by atoms with van der Waals surface area (Å²) in [4.78, 5) is -0.177. The van der Waals surface area contributed by atoms with E-state index in [4.69, 9.17) is 4.74 Å². The van der Waals surface area contributed by atoms with Gasteiger partial charge in [0.1, 0.15) is 5.75 Å². The molecular formula is C13H22BNO5S. The zero-order valence-corrected chi connectivity index (χ0v) is 13.7. The van der Waals surface area contributed by atoms with E-state index in [0.29, 0.717) is 5.75 Å². The van der Waals surface area contributed by atoms with Gasteiger partial charge in [0.25, 0.3) is 0 Å². The molecule has 3 N–H and O–H groups in total. The van der Waals surface area contributed by atoms with Crippen LogP contribution in [0.25, 0.3) is 0 Å². The van der Waals surface area contributed by atoms with Gasteiger partial charge in [-0.2, -0.15) is 0 Å². The maximum Gasteiger partial charge on any atom is 0.489 e. The second-order valence-electron chi connectivity index (χ2n) is 6.10. The molecule has 0 unspecified atom stereocenters. The molecule has 0 atom stereocenters. The molecule has 0 bridgehead atoms. The van der Waals surface area contributed by atoms with Crippen LogP contribution < -0.4 is 14.9 Å². The first kappa shape index (κ1) is 18.0. The molecule has 0 aliphatic carbocycles. The maximum absolute atomic E-state index is 12.3. The second kappa shape index (κ2) is 6.35. The summed E-state index contributed by atoms with van der Waals surface area (Å²) in [6.45, 7) is 8.75. The average Bonchev–Trinajstić information content (AvgIpc) is 2.24. The van der Waals surface area contributed by atoms with Crippen LogP contribution in [0.5, 0.6) is 5.75 Å². The van der Waals surface area contributed by atoms with Gasteiger partial charge in [-0.1, -0.05) is 0 Å². The third-order valence-corrected chi connectivity index (χ3v) is 4.19. The average molecular weight is 315 g/mol. The van der Waals surface area contributed by atoms with Crippen LogP contribution in [-0.4, -0.2) is 37.2 Å². The van der Waals surface area contributed by atoms with Crippen molar-refractivity contribution in [1.29, 1.82) is 0 Å². The van der Waals surface area contributed by atoms with Crippen molar-refractivity contribution >= 4 is 22.6 Å². The molecule has 1 aromatic carbocycles. The summed E-state index contributed by atoms with van der Waals surface area (Å²) in [7, 11) is -5.77. The van der Waals surface area contributed by atoms with Gasteiger partial charge >= 0.3 is 7.12 Å². The third kappa shape index (κ3) is 5.31. The molecule has 1 aromatic rings. The second-order valence-corrected chi connectivity index (χ2v) is 7.75. The van der Waals surface area contributed by atoms with Crippen LogP contribution in [0, 0.1) is 0 Å². The summed E-state index contributed by atoms with van der Waals surface area (Å²) >= 11 is 0. The molecule has 0 spiro atoms. The molecule has 0 radical (unpaired) electrons. The van der Waals surface area contributed by atoms with Crippen molar-refractivity contribution in [3.63, 3.8) is 0 Å². The van der Waals surface area contributed by atoms with Gasteiger partial charge in [0.15, 0.2) is 0 Å². The number of sulfonamides is 1. The standard InChI is InChI=1S/C13H22BNO5S/c1-9(2)20-10-6-7-12(11(8-10)14(16)17)21(18,19)15-13(3,4)5/h6-9,15-17H,1-5H3. The fourth-order valence-corrected chi connectivity index (χ4v) is 3.41. The van der Waals surface area contributed by atoms with E-state index in [1.54, 1.807) is 20.8 Å². The highest BCUT2D eigenvalue weighted by molar-refractivity contribution is 7.89. The monoisotopic (exact) mass is 315 g/mol. The molecule has 0 saturated carbocycles. The van der Waals surface area contributed by atoms with Crippen LogP contribution in [-0.2, 0) is 10.0 Å². The Labute approximate surface area is 126 Å². The Hall–Kier alpha value is -1.09. The van der Waals surface area contributed by atoms with E-state index in [9.17, 15) is 18.5 Å². The Kier molecular flexibility index (Phi) is 5.43. The minimum atomic E-state index is -3.86. The number of benzene rings is 1. The molecule has 0 saturated heterocycles. The summed E-state index contributed by atoms with van der Waals surface area (Å²) in [5, 5.41) is 18.9. The lowest BCUT2D eigenvalue weighted by atomic mass is 9.80.